The molecule has 3 N–H and O–H groups in total. The van der Waals surface area contributed by atoms with Gasteiger partial charge in [0, 0.05) is 6.07 Å². The molecular formula is C20H23FN2O3. The van der Waals surface area contributed by atoms with E-state index in [4.69, 9.17) is 9.84 Å². The minimum absolute atomic E-state index is 0.0209. The maximum atomic E-state index is 13.4. The van der Waals surface area contributed by atoms with Gasteiger partial charge >= 0.3 is 0 Å². The summed E-state index contributed by atoms with van der Waals surface area (Å²) in [5.41, 5.74) is 2.98. The number of hydrogen-bond acceptors (Lipinski definition) is 4. The molecule has 0 heterocycles. The van der Waals surface area contributed by atoms with E-state index in [2.05, 4.69) is 22.8 Å². The van der Waals surface area contributed by atoms with Crippen molar-refractivity contribution < 1.29 is 19.0 Å². The second-order valence-electron chi connectivity index (χ2n) is 6.28. The van der Waals surface area contributed by atoms with E-state index >= 15 is 0 Å². The lowest BCUT2D eigenvalue weighted by atomic mass is 9.88. The number of fused-ring (bicyclic) bond motifs is 1. The zero-order chi connectivity index (χ0) is 18.4. The minimum atomic E-state index is -0.438. The quantitative estimate of drug-likeness (QED) is 0.712. The molecule has 5 nitrogen and oxygen atoms in total. The van der Waals surface area contributed by atoms with Crippen molar-refractivity contribution in [3.63, 3.8) is 0 Å². The molecule has 1 atom stereocenters. The second kappa shape index (κ2) is 8.67. The van der Waals surface area contributed by atoms with Gasteiger partial charge in [-0.2, -0.15) is 0 Å². The number of rotatable bonds is 7. The molecule has 0 unspecified atom stereocenters. The lowest BCUT2D eigenvalue weighted by Gasteiger charge is -2.26. The Hall–Kier alpha value is -2.60. The molecule has 1 amide bonds. The largest absolute Gasteiger partial charge is 0.489 e. The standard InChI is InChI=1S/C20H23FN2O3/c21-15-8-9-18(19(12-15)26-11-10-24)22-13-20(25)23-17-7-3-5-14-4-1-2-6-16(14)17/h1-2,4,6,8-9,12,17,22,24H,3,5,7,10-11,13H2,(H,23,25)/t17-/m0/s1. The van der Waals surface area contributed by atoms with Crippen LogP contribution >= 0.6 is 0 Å². The fraction of sp³-hybridized carbons (Fsp3) is 0.350. The summed E-state index contributed by atoms with van der Waals surface area (Å²) in [6.45, 7) is -0.0551. The van der Waals surface area contributed by atoms with Crippen molar-refractivity contribution in [2.45, 2.75) is 25.3 Å². The predicted octanol–water partition coefficient (Wildman–Crippen LogP) is 2.80. The smallest absolute Gasteiger partial charge is 0.239 e. The molecule has 2 aromatic rings. The van der Waals surface area contributed by atoms with Gasteiger partial charge in [0.1, 0.15) is 18.2 Å². The molecule has 0 saturated carbocycles. The zero-order valence-electron chi connectivity index (χ0n) is 14.5. The third kappa shape index (κ3) is 4.52. The van der Waals surface area contributed by atoms with Crippen molar-refractivity contribution >= 4 is 11.6 Å². The van der Waals surface area contributed by atoms with E-state index in [1.165, 1.54) is 29.3 Å². The molecule has 138 valence electrons. The Balaban J connectivity index is 1.60. The Morgan fingerprint density at radius 2 is 2.12 bits per heavy atom. The maximum absolute atomic E-state index is 13.4. The van der Waals surface area contributed by atoms with Crippen LogP contribution in [0.3, 0.4) is 0 Å². The molecule has 1 aliphatic rings. The minimum Gasteiger partial charge on any atom is -0.489 e. The van der Waals surface area contributed by atoms with Gasteiger partial charge in [-0.3, -0.25) is 4.79 Å². The van der Waals surface area contributed by atoms with Gasteiger partial charge in [-0.05, 0) is 42.5 Å². The van der Waals surface area contributed by atoms with Gasteiger partial charge < -0.3 is 20.5 Å². The van der Waals surface area contributed by atoms with Crippen LogP contribution in [-0.2, 0) is 11.2 Å². The van der Waals surface area contributed by atoms with Crippen LogP contribution in [-0.4, -0.2) is 30.8 Å². The molecule has 0 fully saturated rings. The Bertz CT molecular complexity index is 766. The van der Waals surface area contributed by atoms with Crippen molar-refractivity contribution in [3.05, 3.63) is 59.4 Å². The molecule has 0 saturated heterocycles. The van der Waals surface area contributed by atoms with Crippen LogP contribution < -0.4 is 15.4 Å². The fourth-order valence-electron chi connectivity index (χ4n) is 3.24. The summed E-state index contributed by atoms with van der Waals surface area (Å²) in [5.74, 6) is -0.300. The van der Waals surface area contributed by atoms with E-state index in [9.17, 15) is 9.18 Å². The van der Waals surface area contributed by atoms with Crippen LogP contribution in [0.1, 0.15) is 30.0 Å². The van der Waals surface area contributed by atoms with Crippen LogP contribution in [0, 0.1) is 5.82 Å². The molecule has 3 rings (SSSR count). The molecule has 0 bridgehead atoms. The average Bonchev–Trinajstić information content (AvgIpc) is 2.66. The first kappa shape index (κ1) is 18.2. The summed E-state index contributed by atoms with van der Waals surface area (Å²) in [7, 11) is 0. The summed E-state index contributed by atoms with van der Waals surface area (Å²) in [6, 6.07) is 12.2. The number of aliphatic hydroxyl groups is 1. The molecule has 0 radical (unpaired) electrons. The number of hydrogen-bond donors (Lipinski definition) is 3. The third-order valence-electron chi connectivity index (χ3n) is 4.44. The Morgan fingerprint density at radius 3 is 2.96 bits per heavy atom. The topological polar surface area (TPSA) is 70.6 Å². The van der Waals surface area contributed by atoms with Crippen LogP contribution in [0.25, 0.3) is 0 Å². The van der Waals surface area contributed by atoms with E-state index < -0.39 is 5.82 Å². The van der Waals surface area contributed by atoms with E-state index in [-0.39, 0.29) is 37.5 Å². The van der Waals surface area contributed by atoms with Crippen LogP contribution in [0.15, 0.2) is 42.5 Å². The number of ether oxygens (including phenoxy) is 1. The first-order valence-electron chi connectivity index (χ1n) is 8.81. The van der Waals surface area contributed by atoms with Crippen LogP contribution in [0.4, 0.5) is 10.1 Å². The summed E-state index contributed by atoms with van der Waals surface area (Å²) in [4.78, 5) is 12.4. The van der Waals surface area contributed by atoms with E-state index in [0.29, 0.717) is 5.69 Å². The van der Waals surface area contributed by atoms with Gasteiger partial charge in [0.25, 0.3) is 0 Å². The molecular weight excluding hydrogens is 335 g/mol. The lowest BCUT2D eigenvalue weighted by Crippen LogP contribution is -2.35. The number of carbonyl (C=O) groups excluding carboxylic acids is 1. The third-order valence-corrected chi connectivity index (χ3v) is 4.44. The van der Waals surface area contributed by atoms with E-state index in [1.807, 2.05) is 12.1 Å². The highest BCUT2D eigenvalue weighted by molar-refractivity contribution is 5.81. The fourth-order valence-corrected chi connectivity index (χ4v) is 3.24. The van der Waals surface area contributed by atoms with Crippen molar-refractivity contribution in [3.8, 4) is 5.75 Å². The average molecular weight is 358 g/mol. The van der Waals surface area contributed by atoms with Gasteiger partial charge in [0.2, 0.25) is 5.91 Å². The number of anilines is 1. The van der Waals surface area contributed by atoms with E-state index in [0.717, 1.165) is 19.3 Å². The van der Waals surface area contributed by atoms with Crippen LogP contribution in [0.2, 0.25) is 0 Å². The van der Waals surface area contributed by atoms with E-state index in [1.54, 1.807) is 0 Å². The SMILES string of the molecule is O=C(CNc1ccc(F)cc1OCCO)N[C@H]1CCCc2ccccc21. The monoisotopic (exact) mass is 358 g/mol. The van der Waals surface area contributed by atoms with Gasteiger partial charge in [0.15, 0.2) is 0 Å². The highest BCUT2D eigenvalue weighted by Crippen LogP contribution is 2.29. The number of amides is 1. The number of nitrogens with one attached hydrogen (secondary N) is 2. The zero-order valence-corrected chi connectivity index (χ0v) is 14.5. The van der Waals surface area contributed by atoms with Gasteiger partial charge in [0.05, 0.1) is 24.9 Å². The Kier molecular flexibility index (Phi) is 6.07. The number of halogens is 1. The van der Waals surface area contributed by atoms with Crippen molar-refractivity contribution in [1.29, 1.82) is 0 Å². The van der Waals surface area contributed by atoms with Crippen molar-refractivity contribution in [2.24, 2.45) is 0 Å². The van der Waals surface area contributed by atoms with Gasteiger partial charge in [-0.1, -0.05) is 24.3 Å². The molecule has 1 aliphatic carbocycles. The number of carbonyl (C=O) groups is 1. The van der Waals surface area contributed by atoms with Gasteiger partial charge in [-0.25, -0.2) is 4.39 Å². The maximum Gasteiger partial charge on any atom is 0.239 e. The molecule has 6 heteroatoms. The molecule has 2 aromatic carbocycles. The normalized spacial score (nSPS) is 15.8. The summed E-state index contributed by atoms with van der Waals surface area (Å²) >= 11 is 0. The first-order valence-corrected chi connectivity index (χ1v) is 8.81. The summed E-state index contributed by atoms with van der Waals surface area (Å²) in [6.07, 6.45) is 3.01. The lowest BCUT2D eigenvalue weighted by molar-refractivity contribution is -0.120. The predicted molar refractivity (Wildman–Crippen MR) is 97.7 cm³/mol. The van der Waals surface area contributed by atoms with Crippen molar-refractivity contribution in [1.82, 2.24) is 5.32 Å². The van der Waals surface area contributed by atoms with Gasteiger partial charge in [-0.15, -0.1) is 0 Å². The second-order valence-corrected chi connectivity index (χ2v) is 6.28. The molecule has 0 aliphatic heterocycles. The Morgan fingerprint density at radius 1 is 1.27 bits per heavy atom. The molecule has 0 spiro atoms. The number of aryl methyl sites for hydroxylation is 1. The summed E-state index contributed by atoms with van der Waals surface area (Å²) in [5, 5.41) is 14.9. The highest BCUT2D eigenvalue weighted by atomic mass is 19.1. The van der Waals surface area contributed by atoms with Crippen LogP contribution in [0.5, 0.6) is 5.75 Å². The molecule has 0 aromatic heterocycles. The summed E-state index contributed by atoms with van der Waals surface area (Å²) < 4.78 is 18.7. The first-order chi connectivity index (χ1) is 12.7. The molecule has 26 heavy (non-hydrogen) atoms. The highest BCUT2D eigenvalue weighted by Gasteiger charge is 2.21. The number of benzene rings is 2. The number of aliphatic hydroxyl groups excluding tert-OH is 1. The van der Waals surface area contributed by atoms with Crippen molar-refractivity contribution in [2.75, 3.05) is 25.1 Å². The Labute approximate surface area is 152 Å².